The number of aromatic amines is 1. The van der Waals surface area contributed by atoms with Crippen molar-refractivity contribution in [1.29, 1.82) is 0 Å². The number of hydrogen-bond acceptors (Lipinski definition) is 6. The number of nitrogens with one attached hydrogen (secondary N) is 2. The van der Waals surface area contributed by atoms with Crippen LogP contribution in [-0.4, -0.2) is 77.3 Å². The molecule has 1 aliphatic heterocycles. The Hall–Kier alpha value is -3.67. The number of amides is 2. The minimum Gasteiger partial charge on any atom is -0.493 e. The van der Waals surface area contributed by atoms with Gasteiger partial charge in [0.05, 0.1) is 30.3 Å². The third-order valence-corrected chi connectivity index (χ3v) is 6.87. The zero-order chi connectivity index (χ0) is 27.0. The number of benzene rings is 1. The van der Waals surface area contributed by atoms with Crippen LogP contribution in [0.5, 0.6) is 5.75 Å². The van der Waals surface area contributed by atoms with Crippen LogP contribution in [0.4, 0.5) is 13.2 Å². The van der Waals surface area contributed by atoms with E-state index in [0.29, 0.717) is 40.7 Å². The number of fused-ring (bicyclic) bond motifs is 1. The van der Waals surface area contributed by atoms with Crippen molar-refractivity contribution in [1.82, 2.24) is 25.2 Å². The van der Waals surface area contributed by atoms with Gasteiger partial charge in [-0.1, -0.05) is 0 Å². The molecule has 2 aromatic heterocycles. The first-order valence-electron chi connectivity index (χ1n) is 12.4. The van der Waals surface area contributed by atoms with E-state index in [9.17, 15) is 22.8 Å². The highest BCUT2D eigenvalue weighted by Gasteiger charge is 2.37. The Balaban J connectivity index is 1.46. The number of likely N-dealkylation sites (tertiary alicyclic amines) is 1. The summed E-state index contributed by atoms with van der Waals surface area (Å²) in [6, 6.07) is 3.26. The molecule has 202 valence electrons. The van der Waals surface area contributed by atoms with Crippen LogP contribution in [0.2, 0.25) is 0 Å². The summed E-state index contributed by atoms with van der Waals surface area (Å²) in [5.41, 5.74) is 1.75. The SMILES string of the molecule is COCC(=O)N1C[C@H](F)[C@H](NC(=O)c2c(C)[nH]c3c(-c4cc(C(F)F)ccc4OCC4CC4)ncnc23)C1. The normalized spacial score (nSPS) is 19.4. The number of ether oxygens (including phenoxy) is 2. The van der Waals surface area contributed by atoms with Gasteiger partial charge < -0.3 is 24.7 Å². The van der Waals surface area contributed by atoms with E-state index in [-0.39, 0.29) is 42.2 Å². The molecular formula is C26H28F3N5O4. The second-order valence-electron chi connectivity index (χ2n) is 9.71. The molecule has 2 amide bonds. The number of carbonyl (C=O) groups is 2. The summed E-state index contributed by atoms with van der Waals surface area (Å²) < 4.78 is 52.6. The summed E-state index contributed by atoms with van der Waals surface area (Å²) in [6.07, 6.45) is -0.755. The van der Waals surface area contributed by atoms with Crippen LogP contribution >= 0.6 is 0 Å². The van der Waals surface area contributed by atoms with Crippen molar-refractivity contribution in [3.05, 3.63) is 41.3 Å². The summed E-state index contributed by atoms with van der Waals surface area (Å²) in [5.74, 6) is -0.0785. The van der Waals surface area contributed by atoms with E-state index in [0.717, 1.165) is 12.8 Å². The maximum Gasteiger partial charge on any atom is 0.263 e. The highest BCUT2D eigenvalue weighted by Crippen LogP contribution is 2.38. The van der Waals surface area contributed by atoms with E-state index in [4.69, 9.17) is 9.47 Å². The number of aryl methyl sites for hydroxylation is 1. The molecule has 1 saturated heterocycles. The van der Waals surface area contributed by atoms with Crippen LogP contribution in [0.3, 0.4) is 0 Å². The average Bonchev–Trinajstić information content (AvgIpc) is 3.56. The quantitative estimate of drug-likeness (QED) is 0.437. The van der Waals surface area contributed by atoms with Gasteiger partial charge in [0.15, 0.2) is 0 Å². The van der Waals surface area contributed by atoms with E-state index in [2.05, 4.69) is 20.3 Å². The Kier molecular flexibility index (Phi) is 7.24. The fraction of sp³-hybridized carbons (Fsp3) is 0.462. The molecule has 2 aliphatic rings. The molecule has 12 heteroatoms. The van der Waals surface area contributed by atoms with Crippen molar-refractivity contribution >= 4 is 22.8 Å². The summed E-state index contributed by atoms with van der Waals surface area (Å²) in [5, 5.41) is 2.67. The van der Waals surface area contributed by atoms with E-state index in [1.54, 1.807) is 6.92 Å². The number of hydrogen-bond donors (Lipinski definition) is 2. The van der Waals surface area contributed by atoms with Crippen LogP contribution < -0.4 is 10.1 Å². The molecule has 1 aromatic carbocycles. The zero-order valence-electron chi connectivity index (χ0n) is 21.0. The van der Waals surface area contributed by atoms with Crippen molar-refractivity contribution in [3.8, 4) is 17.0 Å². The number of nitrogens with zero attached hydrogens (tertiary/aromatic N) is 3. The van der Waals surface area contributed by atoms with Crippen LogP contribution in [0.25, 0.3) is 22.3 Å². The molecule has 5 rings (SSSR count). The van der Waals surface area contributed by atoms with Gasteiger partial charge in [-0.2, -0.15) is 0 Å². The molecule has 2 atom stereocenters. The van der Waals surface area contributed by atoms with E-state index < -0.39 is 24.5 Å². The largest absolute Gasteiger partial charge is 0.493 e. The van der Waals surface area contributed by atoms with Gasteiger partial charge >= 0.3 is 0 Å². The molecule has 38 heavy (non-hydrogen) atoms. The second kappa shape index (κ2) is 10.6. The highest BCUT2D eigenvalue weighted by atomic mass is 19.3. The van der Waals surface area contributed by atoms with Gasteiger partial charge in [0.25, 0.3) is 12.3 Å². The standard InChI is InChI=1S/C26H28F3N5O4/c1-13-21(26(36)33-18-9-34(8-17(18)27)20(35)11-37-2)23-24(32-13)22(30-12-31-23)16-7-15(25(28)29)5-6-19(16)38-10-14-3-4-14/h5-7,12,14,17-18,25,32H,3-4,8-11H2,1-2H3,(H,33,36)/t17-,18+/m0/s1. The minimum absolute atomic E-state index is 0.0127. The maximum atomic E-state index is 14.7. The summed E-state index contributed by atoms with van der Waals surface area (Å²) in [7, 11) is 1.38. The lowest BCUT2D eigenvalue weighted by molar-refractivity contribution is -0.134. The first-order chi connectivity index (χ1) is 18.3. The van der Waals surface area contributed by atoms with E-state index in [1.165, 1.54) is 36.5 Å². The third kappa shape index (κ3) is 5.17. The summed E-state index contributed by atoms with van der Waals surface area (Å²) in [6.45, 7) is 1.84. The smallest absolute Gasteiger partial charge is 0.263 e. The summed E-state index contributed by atoms with van der Waals surface area (Å²) >= 11 is 0. The fourth-order valence-corrected chi connectivity index (χ4v) is 4.65. The molecule has 0 unspecified atom stereocenters. The molecule has 2 N–H and O–H groups in total. The van der Waals surface area contributed by atoms with Crippen molar-refractivity contribution in [2.45, 2.75) is 38.4 Å². The zero-order valence-corrected chi connectivity index (χ0v) is 21.0. The molecule has 0 radical (unpaired) electrons. The molecule has 3 heterocycles. The molecule has 1 saturated carbocycles. The number of carbonyl (C=O) groups excluding carboxylic acids is 2. The molecule has 0 bridgehead atoms. The van der Waals surface area contributed by atoms with Gasteiger partial charge in [-0.25, -0.2) is 23.1 Å². The van der Waals surface area contributed by atoms with Gasteiger partial charge in [-0.3, -0.25) is 9.59 Å². The molecule has 1 aliphatic carbocycles. The third-order valence-electron chi connectivity index (χ3n) is 6.87. The minimum atomic E-state index is -2.69. The lowest BCUT2D eigenvalue weighted by Crippen LogP contribution is -2.42. The Morgan fingerprint density at radius 2 is 2.03 bits per heavy atom. The monoisotopic (exact) mass is 531 g/mol. The number of methoxy groups -OCH3 is 1. The number of rotatable bonds is 9. The van der Waals surface area contributed by atoms with Crippen molar-refractivity contribution < 1.29 is 32.2 Å². The van der Waals surface area contributed by atoms with Crippen molar-refractivity contribution in [2.24, 2.45) is 5.92 Å². The summed E-state index contributed by atoms with van der Waals surface area (Å²) in [4.78, 5) is 38.4. The number of halogens is 3. The lowest BCUT2D eigenvalue weighted by Gasteiger charge is -2.16. The first kappa shape index (κ1) is 26.0. The van der Waals surface area contributed by atoms with Crippen LogP contribution in [0.15, 0.2) is 24.5 Å². The van der Waals surface area contributed by atoms with E-state index in [1.807, 2.05) is 0 Å². The Labute approximate surface area is 216 Å². The average molecular weight is 532 g/mol. The Morgan fingerprint density at radius 1 is 1.24 bits per heavy atom. The van der Waals surface area contributed by atoms with Crippen LogP contribution in [0.1, 0.15) is 40.9 Å². The molecule has 9 nitrogen and oxygen atoms in total. The predicted molar refractivity (Wildman–Crippen MR) is 132 cm³/mol. The van der Waals surface area contributed by atoms with Crippen LogP contribution in [-0.2, 0) is 9.53 Å². The van der Waals surface area contributed by atoms with Gasteiger partial charge in [0, 0.05) is 30.5 Å². The number of alkyl halides is 3. The Bertz CT molecular complexity index is 1360. The molecule has 3 aromatic rings. The van der Waals surface area contributed by atoms with Gasteiger partial charge in [0.2, 0.25) is 5.91 Å². The highest BCUT2D eigenvalue weighted by molar-refractivity contribution is 6.09. The van der Waals surface area contributed by atoms with Gasteiger partial charge in [0.1, 0.15) is 36.1 Å². The molecular weight excluding hydrogens is 503 g/mol. The Morgan fingerprint density at radius 3 is 2.74 bits per heavy atom. The fourth-order valence-electron chi connectivity index (χ4n) is 4.65. The number of H-pyrrole nitrogens is 1. The van der Waals surface area contributed by atoms with Gasteiger partial charge in [-0.15, -0.1) is 0 Å². The van der Waals surface area contributed by atoms with E-state index >= 15 is 0 Å². The molecule has 2 fully saturated rings. The van der Waals surface area contributed by atoms with Gasteiger partial charge in [-0.05, 0) is 43.9 Å². The van der Waals surface area contributed by atoms with Crippen LogP contribution in [0, 0.1) is 12.8 Å². The maximum absolute atomic E-state index is 14.7. The van der Waals surface area contributed by atoms with Crippen molar-refractivity contribution in [3.63, 3.8) is 0 Å². The second-order valence-corrected chi connectivity index (χ2v) is 9.71. The number of aromatic nitrogens is 3. The first-order valence-corrected chi connectivity index (χ1v) is 12.4. The molecule has 0 spiro atoms. The topological polar surface area (TPSA) is 109 Å². The van der Waals surface area contributed by atoms with Crippen molar-refractivity contribution in [2.75, 3.05) is 33.4 Å². The predicted octanol–water partition coefficient (Wildman–Crippen LogP) is 3.58. The lowest BCUT2D eigenvalue weighted by atomic mass is 10.0.